The summed E-state index contributed by atoms with van der Waals surface area (Å²) in [6.07, 6.45) is 1.61. The average molecular weight is 831 g/mol. The number of phenols is 1. The van der Waals surface area contributed by atoms with Gasteiger partial charge in [0.05, 0.1) is 30.3 Å². The van der Waals surface area contributed by atoms with Crippen LogP contribution in [0, 0.1) is 23.6 Å². The molecule has 6 atom stereocenters. The first-order valence-corrected chi connectivity index (χ1v) is 18.5. The Balaban J connectivity index is 1.14. The number of fused-ring (bicyclic) bond motifs is 5. The molecule has 3 fully saturated rings. The van der Waals surface area contributed by atoms with Gasteiger partial charge in [0, 0.05) is 21.5 Å². The lowest BCUT2D eigenvalue weighted by atomic mass is 9.56. The molecule has 2 aliphatic heterocycles. The summed E-state index contributed by atoms with van der Waals surface area (Å²) in [6, 6.07) is 21.9. The number of imide groups is 2. The molecule has 1 N–H and O–H groups in total. The zero-order chi connectivity index (χ0) is 37.8. The van der Waals surface area contributed by atoms with Crippen molar-refractivity contribution in [2.75, 3.05) is 16.9 Å². The maximum atomic E-state index is 14.6. The fourth-order valence-corrected chi connectivity index (χ4v) is 10.1. The number of para-hydroxylation sites is 2. The number of allylic oxidation sites excluding steroid dienone is 2. The van der Waals surface area contributed by atoms with Crippen LogP contribution < -0.4 is 14.5 Å². The summed E-state index contributed by atoms with van der Waals surface area (Å²) in [5, 5.41) is 11.6. The van der Waals surface area contributed by atoms with Gasteiger partial charge in [-0.05, 0) is 91.6 Å². The van der Waals surface area contributed by atoms with E-state index >= 15 is 0 Å². The number of alkyl halides is 2. The van der Waals surface area contributed by atoms with Crippen molar-refractivity contribution in [1.29, 1.82) is 0 Å². The first-order chi connectivity index (χ1) is 25.9. The quantitative estimate of drug-likeness (QED) is 0.108. The van der Waals surface area contributed by atoms with E-state index in [0.717, 1.165) is 21.9 Å². The Morgan fingerprint density at radius 1 is 0.907 bits per heavy atom. The molecule has 4 aromatic carbocycles. The number of hydrogen-bond donors (Lipinski definition) is 1. The lowest BCUT2D eigenvalue weighted by Gasteiger charge is -2.50. The third-order valence-corrected chi connectivity index (χ3v) is 13.0. The van der Waals surface area contributed by atoms with Gasteiger partial charge in [-0.15, -0.1) is 23.2 Å². The number of aromatic nitrogens is 1. The topological polar surface area (TPSA) is 130 Å². The number of amides is 4. The molecule has 2 aliphatic carbocycles. The minimum absolute atomic E-state index is 0.0464. The van der Waals surface area contributed by atoms with Gasteiger partial charge in [0.1, 0.15) is 11.3 Å². The van der Waals surface area contributed by atoms with E-state index in [1.54, 1.807) is 36.4 Å². The van der Waals surface area contributed by atoms with Crippen molar-refractivity contribution in [3.63, 3.8) is 0 Å². The van der Waals surface area contributed by atoms with Crippen molar-refractivity contribution in [3.05, 3.63) is 112 Å². The maximum absolute atomic E-state index is 14.6. The van der Waals surface area contributed by atoms with Crippen LogP contribution in [0.4, 0.5) is 15.8 Å². The standard InChI is InChI=1S/C40H27BrCl2FN3O7/c1-53-30-17-20(41)16-26(33(30)48)32-24-14-15-25-31(27(24)18-39(42)37(51)47(38(52)40(32,39)43)23-12-8-21(44)9-13-23)36(50)46(35(25)49)22-10-6-19(7-11-22)34-45-28-4-2-3-5-29(28)54-34/h2-14,16-17,25,27,31-32,48H,15,18H2,1H3. The first kappa shape index (κ1) is 34.7. The van der Waals surface area contributed by atoms with Gasteiger partial charge < -0.3 is 14.3 Å². The van der Waals surface area contributed by atoms with Crippen molar-refractivity contribution < 1.29 is 37.8 Å². The number of benzene rings is 4. The number of hydrogen-bond acceptors (Lipinski definition) is 8. The molecule has 0 spiro atoms. The van der Waals surface area contributed by atoms with E-state index in [1.165, 1.54) is 25.3 Å². The summed E-state index contributed by atoms with van der Waals surface area (Å²) < 4.78 is 25.8. The molecule has 4 amide bonds. The van der Waals surface area contributed by atoms with Crippen molar-refractivity contribution in [2.24, 2.45) is 17.8 Å². The normalized spacial score (nSPS) is 27.6. The number of aromatic hydroxyl groups is 1. The minimum atomic E-state index is -2.23. The molecule has 4 aliphatic rings. The summed E-state index contributed by atoms with van der Waals surface area (Å²) in [5.74, 6) is -7.07. The predicted molar refractivity (Wildman–Crippen MR) is 201 cm³/mol. The van der Waals surface area contributed by atoms with Crippen molar-refractivity contribution in [3.8, 4) is 23.0 Å². The monoisotopic (exact) mass is 829 g/mol. The Morgan fingerprint density at radius 2 is 1.59 bits per heavy atom. The molecule has 1 aromatic heterocycles. The molecule has 2 saturated heterocycles. The molecule has 5 aromatic rings. The van der Waals surface area contributed by atoms with Crippen LogP contribution in [0.2, 0.25) is 0 Å². The minimum Gasteiger partial charge on any atom is -0.504 e. The van der Waals surface area contributed by atoms with Crippen LogP contribution in [0.25, 0.3) is 22.6 Å². The van der Waals surface area contributed by atoms with Crippen LogP contribution in [-0.4, -0.2) is 50.6 Å². The molecule has 0 radical (unpaired) electrons. The number of carbonyl (C=O) groups is 4. The molecule has 1 saturated carbocycles. The number of ether oxygens (including phenoxy) is 1. The third kappa shape index (κ3) is 4.72. The van der Waals surface area contributed by atoms with Crippen LogP contribution in [0.1, 0.15) is 24.3 Å². The molecule has 10 nitrogen and oxygen atoms in total. The largest absolute Gasteiger partial charge is 0.504 e. The van der Waals surface area contributed by atoms with Crippen molar-refractivity contribution in [1.82, 2.24) is 4.98 Å². The fourth-order valence-electron chi connectivity index (χ4n) is 8.72. The average Bonchev–Trinajstić information content (AvgIpc) is 3.76. The highest BCUT2D eigenvalue weighted by atomic mass is 79.9. The number of rotatable bonds is 5. The molecule has 14 heteroatoms. The number of oxazole rings is 1. The zero-order valence-corrected chi connectivity index (χ0v) is 31.2. The number of carbonyl (C=O) groups excluding carboxylic acids is 4. The molecule has 272 valence electrons. The number of methoxy groups -OCH3 is 1. The third-order valence-electron chi connectivity index (χ3n) is 11.2. The number of halogens is 4. The van der Waals surface area contributed by atoms with E-state index in [9.17, 15) is 28.7 Å². The SMILES string of the molecule is COc1cc(Br)cc(C2C3=CCC4C(=O)N(c5ccc(-c6nc7ccccc7o6)cc5)C(=O)C4C3CC3(Cl)C(=O)N(c4ccc(F)cc4)C(=O)C23Cl)c1O. The summed E-state index contributed by atoms with van der Waals surface area (Å²) >= 11 is 18.4. The second kappa shape index (κ2) is 12.2. The van der Waals surface area contributed by atoms with E-state index in [-0.39, 0.29) is 35.6 Å². The van der Waals surface area contributed by atoms with Crippen molar-refractivity contribution in [2.45, 2.75) is 28.5 Å². The van der Waals surface area contributed by atoms with Gasteiger partial charge in [-0.3, -0.25) is 24.1 Å². The summed E-state index contributed by atoms with van der Waals surface area (Å²) in [5.41, 5.74) is 2.95. The van der Waals surface area contributed by atoms with E-state index in [0.29, 0.717) is 38.3 Å². The Kier molecular flexibility index (Phi) is 7.87. The lowest BCUT2D eigenvalue weighted by molar-refractivity contribution is -0.125. The van der Waals surface area contributed by atoms with E-state index < -0.39 is 62.9 Å². The van der Waals surface area contributed by atoms with Crippen LogP contribution in [-0.2, 0) is 19.2 Å². The number of phenolic OH excluding ortho intramolecular Hbond substituents is 1. The van der Waals surface area contributed by atoms with Gasteiger partial charge in [-0.1, -0.05) is 39.7 Å². The summed E-state index contributed by atoms with van der Waals surface area (Å²) in [6.45, 7) is 0. The second-order valence-electron chi connectivity index (χ2n) is 13.8. The summed E-state index contributed by atoms with van der Waals surface area (Å²) in [4.78, 5) is 60.0. The fraction of sp³-hybridized carbons (Fsp3) is 0.225. The van der Waals surface area contributed by atoms with Gasteiger partial charge in [0.15, 0.2) is 26.8 Å². The highest BCUT2D eigenvalue weighted by Gasteiger charge is 2.77. The van der Waals surface area contributed by atoms with Gasteiger partial charge in [0.2, 0.25) is 17.7 Å². The highest BCUT2D eigenvalue weighted by Crippen LogP contribution is 2.67. The smallest absolute Gasteiger partial charge is 0.258 e. The Morgan fingerprint density at radius 3 is 2.30 bits per heavy atom. The van der Waals surface area contributed by atoms with Crippen LogP contribution in [0.15, 0.2) is 105 Å². The Hall–Kier alpha value is -5.04. The molecular formula is C40H27BrCl2FN3O7. The number of anilines is 2. The van der Waals surface area contributed by atoms with Gasteiger partial charge in [-0.2, -0.15) is 0 Å². The van der Waals surface area contributed by atoms with E-state index in [1.807, 2.05) is 24.3 Å². The first-order valence-electron chi connectivity index (χ1n) is 17.0. The van der Waals surface area contributed by atoms with E-state index in [4.69, 9.17) is 32.4 Å². The summed E-state index contributed by atoms with van der Waals surface area (Å²) in [7, 11) is 1.36. The lowest BCUT2D eigenvalue weighted by Crippen LogP contribution is -2.60. The molecule has 0 bridgehead atoms. The molecule has 9 rings (SSSR count). The van der Waals surface area contributed by atoms with Crippen molar-refractivity contribution >= 4 is 85.2 Å². The Bertz CT molecular complexity index is 2460. The van der Waals surface area contributed by atoms with Gasteiger partial charge >= 0.3 is 0 Å². The van der Waals surface area contributed by atoms with Crippen LogP contribution >= 0.6 is 39.1 Å². The molecule has 6 unspecified atom stereocenters. The zero-order valence-electron chi connectivity index (χ0n) is 28.1. The van der Waals surface area contributed by atoms with Gasteiger partial charge in [-0.25, -0.2) is 14.3 Å². The van der Waals surface area contributed by atoms with Crippen LogP contribution in [0.3, 0.4) is 0 Å². The predicted octanol–water partition coefficient (Wildman–Crippen LogP) is 7.88. The highest BCUT2D eigenvalue weighted by molar-refractivity contribution is 9.10. The van der Waals surface area contributed by atoms with Gasteiger partial charge in [0.25, 0.3) is 11.8 Å². The number of nitrogens with zero attached hydrogens (tertiary/aromatic N) is 3. The molecule has 3 heterocycles. The second-order valence-corrected chi connectivity index (χ2v) is 16.0. The van der Waals surface area contributed by atoms with Crippen LogP contribution in [0.5, 0.6) is 11.5 Å². The maximum Gasteiger partial charge on any atom is 0.258 e. The van der Waals surface area contributed by atoms with E-state index in [2.05, 4.69) is 20.9 Å². The molecular weight excluding hydrogens is 804 g/mol. The Labute approximate surface area is 325 Å². The molecule has 54 heavy (non-hydrogen) atoms.